The van der Waals surface area contributed by atoms with E-state index in [4.69, 9.17) is 0 Å². The number of hydrogen-bond donors (Lipinski definition) is 0. The van der Waals surface area contributed by atoms with Gasteiger partial charge in [0.05, 0.1) is 41.9 Å². The van der Waals surface area contributed by atoms with Gasteiger partial charge in [-0.05, 0) is 53.6 Å². The maximum atomic E-state index is 14.1. The molecule has 0 amide bonds. The highest BCUT2D eigenvalue weighted by Gasteiger charge is 2.32. The predicted octanol–water partition coefficient (Wildman–Crippen LogP) is 6.61. The molecule has 9 nitrogen and oxygen atoms in total. The molecule has 0 saturated carbocycles. The summed E-state index contributed by atoms with van der Waals surface area (Å²) < 4.78 is 95.4. The first-order valence-corrected chi connectivity index (χ1v) is 13.9. The predicted molar refractivity (Wildman–Crippen MR) is 159 cm³/mol. The standard InChI is InChI=1S/C32H22F7N5O4/c33-26-4-2-1-3-23(26)19-41-16-22(15-40-41)9-14-27-28(44(47)48)29(45)43(18-21-7-12-25(13-8-21)32(37,38)39)30(46)42(27)17-20-5-10-24(11-6-20)31(34,35)36/h1-16H,17-19H2. The number of rotatable bonds is 9. The Morgan fingerprint density at radius 3 is 1.81 bits per heavy atom. The van der Waals surface area contributed by atoms with Crippen LogP contribution in [0.5, 0.6) is 0 Å². The molecule has 3 aromatic carbocycles. The molecule has 0 unspecified atom stereocenters. The Balaban J connectivity index is 1.59. The fourth-order valence-corrected chi connectivity index (χ4v) is 4.83. The van der Waals surface area contributed by atoms with Crippen molar-refractivity contribution in [1.29, 1.82) is 0 Å². The van der Waals surface area contributed by atoms with Gasteiger partial charge in [0.15, 0.2) is 0 Å². The van der Waals surface area contributed by atoms with E-state index in [0.717, 1.165) is 59.2 Å². The third-order valence-corrected chi connectivity index (χ3v) is 7.25. The van der Waals surface area contributed by atoms with Gasteiger partial charge in [0.2, 0.25) is 0 Å². The average Bonchev–Trinajstić information content (AvgIpc) is 3.47. The van der Waals surface area contributed by atoms with E-state index in [0.29, 0.717) is 15.7 Å². The van der Waals surface area contributed by atoms with Gasteiger partial charge in [0.25, 0.3) is 0 Å². The first kappa shape index (κ1) is 33.6. The average molecular weight is 674 g/mol. The number of hydrogen-bond acceptors (Lipinski definition) is 5. The van der Waals surface area contributed by atoms with Crippen molar-refractivity contribution in [2.45, 2.75) is 32.0 Å². The number of nitrogens with zero attached hydrogens (tertiary/aromatic N) is 5. The van der Waals surface area contributed by atoms with Crippen molar-refractivity contribution in [2.75, 3.05) is 0 Å². The van der Waals surface area contributed by atoms with Crippen molar-refractivity contribution < 1.29 is 35.7 Å². The topological polar surface area (TPSA) is 105 Å². The van der Waals surface area contributed by atoms with Gasteiger partial charge in [0, 0.05) is 17.3 Å². The molecular weight excluding hydrogens is 651 g/mol. The highest BCUT2D eigenvalue weighted by Crippen LogP contribution is 2.30. The molecule has 2 aromatic heterocycles. The largest absolute Gasteiger partial charge is 0.416 e. The molecule has 0 saturated heterocycles. The minimum absolute atomic E-state index is 0.0410. The third-order valence-electron chi connectivity index (χ3n) is 7.25. The number of alkyl halides is 6. The van der Waals surface area contributed by atoms with Crippen LogP contribution in [0.15, 0.2) is 94.8 Å². The lowest BCUT2D eigenvalue weighted by Gasteiger charge is -2.15. The van der Waals surface area contributed by atoms with Gasteiger partial charge in [0.1, 0.15) is 11.5 Å². The maximum Gasteiger partial charge on any atom is 0.416 e. The number of benzene rings is 3. The second-order valence-electron chi connectivity index (χ2n) is 10.5. The van der Waals surface area contributed by atoms with Crippen molar-refractivity contribution in [3.8, 4) is 0 Å². The second-order valence-corrected chi connectivity index (χ2v) is 10.5. The fourth-order valence-electron chi connectivity index (χ4n) is 4.83. The number of nitro groups is 1. The van der Waals surface area contributed by atoms with E-state index >= 15 is 0 Å². The van der Waals surface area contributed by atoms with Crippen molar-refractivity contribution in [3.63, 3.8) is 0 Å². The molecule has 16 heteroatoms. The Labute approximate surface area is 265 Å². The Morgan fingerprint density at radius 1 is 0.750 bits per heavy atom. The summed E-state index contributed by atoms with van der Waals surface area (Å²) in [6, 6.07) is 13.1. The van der Waals surface area contributed by atoms with Crippen LogP contribution in [-0.4, -0.2) is 23.8 Å². The van der Waals surface area contributed by atoms with Gasteiger partial charge in [-0.3, -0.25) is 24.2 Å². The van der Waals surface area contributed by atoms with Crippen molar-refractivity contribution >= 4 is 17.8 Å². The molecule has 0 aliphatic carbocycles. The molecule has 248 valence electrons. The lowest BCUT2D eigenvalue weighted by molar-refractivity contribution is -0.387. The Hall–Kier alpha value is -5.80. The normalized spacial score (nSPS) is 12.1. The summed E-state index contributed by atoms with van der Waals surface area (Å²) in [5, 5.41) is 16.4. The zero-order chi connectivity index (χ0) is 34.8. The van der Waals surface area contributed by atoms with Crippen LogP contribution in [-0.2, 0) is 32.0 Å². The van der Waals surface area contributed by atoms with Crippen LogP contribution in [0.2, 0.25) is 0 Å². The highest BCUT2D eigenvalue weighted by molar-refractivity contribution is 5.71. The smallest absolute Gasteiger partial charge is 0.283 e. The highest BCUT2D eigenvalue weighted by atomic mass is 19.4. The molecule has 0 aliphatic rings. The lowest BCUT2D eigenvalue weighted by atomic mass is 10.1. The summed E-state index contributed by atoms with van der Waals surface area (Å²) in [5.74, 6) is -0.468. The minimum Gasteiger partial charge on any atom is -0.283 e. The van der Waals surface area contributed by atoms with Gasteiger partial charge >= 0.3 is 29.3 Å². The van der Waals surface area contributed by atoms with Gasteiger partial charge in [-0.2, -0.15) is 31.4 Å². The first-order chi connectivity index (χ1) is 22.6. The van der Waals surface area contributed by atoms with Gasteiger partial charge in [-0.1, -0.05) is 42.5 Å². The zero-order valence-corrected chi connectivity index (χ0v) is 24.4. The molecule has 0 aliphatic heterocycles. The quantitative estimate of drug-likeness (QED) is 0.0996. The van der Waals surface area contributed by atoms with Crippen LogP contribution >= 0.6 is 0 Å². The van der Waals surface area contributed by atoms with E-state index in [1.54, 1.807) is 12.1 Å². The molecule has 5 aromatic rings. The van der Waals surface area contributed by atoms with Gasteiger partial charge < -0.3 is 0 Å². The van der Waals surface area contributed by atoms with E-state index in [1.165, 1.54) is 35.3 Å². The van der Waals surface area contributed by atoms with Crippen molar-refractivity contribution in [1.82, 2.24) is 18.9 Å². The van der Waals surface area contributed by atoms with Gasteiger partial charge in [-0.15, -0.1) is 0 Å². The Bertz CT molecular complexity index is 2110. The van der Waals surface area contributed by atoms with Crippen LogP contribution in [0.25, 0.3) is 12.2 Å². The van der Waals surface area contributed by atoms with E-state index < -0.39 is 69.9 Å². The summed E-state index contributed by atoms with van der Waals surface area (Å²) in [7, 11) is 0. The Morgan fingerprint density at radius 2 is 1.29 bits per heavy atom. The number of halogens is 7. The van der Waals surface area contributed by atoms with Crippen LogP contribution in [0, 0.1) is 15.9 Å². The SMILES string of the molecule is O=c1c([N+](=O)[O-])c(C=Cc2cnn(Cc3ccccc3F)c2)n(Cc2ccc(C(F)(F)F)cc2)c(=O)n1Cc1ccc(C(F)(F)F)cc1. The monoisotopic (exact) mass is 673 g/mol. The Kier molecular flexibility index (Phi) is 9.18. The molecule has 0 N–H and O–H groups in total. The first-order valence-electron chi connectivity index (χ1n) is 13.9. The van der Waals surface area contributed by atoms with Crippen LogP contribution in [0.1, 0.15) is 39.1 Å². The molecule has 5 rings (SSSR count). The maximum absolute atomic E-state index is 14.1. The molecular formula is C32H22F7N5O4. The molecule has 0 spiro atoms. The number of aromatic nitrogens is 4. The second kappa shape index (κ2) is 13.1. The molecule has 48 heavy (non-hydrogen) atoms. The van der Waals surface area contributed by atoms with Crippen LogP contribution < -0.4 is 11.2 Å². The molecule has 0 atom stereocenters. The molecule has 2 heterocycles. The third kappa shape index (κ3) is 7.43. The summed E-state index contributed by atoms with van der Waals surface area (Å²) >= 11 is 0. The summed E-state index contributed by atoms with van der Waals surface area (Å²) in [5.41, 5.74) is -5.19. The van der Waals surface area contributed by atoms with E-state index in [9.17, 15) is 50.4 Å². The molecule has 0 fully saturated rings. The fraction of sp³-hybridized carbons (Fsp3) is 0.156. The van der Waals surface area contributed by atoms with Crippen LogP contribution in [0.3, 0.4) is 0 Å². The summed E-state index contributed by atoms with van der Waals surface area (Å²) in [6.07, 6.45) is -4.11. The zero-order valence-electron chi connectivity index (χ0n) is 24.4. The van der Waals surface area contributed by atoms with E-state index in [1.807, 2.05) is 0 Å². The van der Waals surface area contributed by atoms with E-state index in [2.05, 4.69) is 5.10 Å². The van der Waals surface area contributed by atoms with Gasteiger partial charge in [-0.25, -0.2) is 13.8 Å². The van der Waals surface area contributed by atoms with Crippen LogP contribution in [0.4, 0.5) is 36.4 Å². The molecule has 0 bridgehead atoms. The van der Waals surface area contributed by atoms with Crippen molar-refractivity contribution in [3.05, 3.63) is 161 Å². The summed E-state index contributed by atoms with van der Waals surface area (Å²) in [4.78, 5) is 38.4. The molecule has 0 radical (unpaired) electrons. The van der Waals surface area contributed by atoms with Crippen molar-refractivity contribution in [2.24, 2.45) is 0 Å². The lowest BCUT2D eigenvalue weighted by Crippen LogP contribution is -2.42. The van der Waals surface area contributed by atoms with E-state index in [-0.39, 0.29) is 17.7 Å². The minimum atomic E-state index is -4.66. The summed E-state index contributed by atoms with van der Waals surface area (Å²) in [6.45, 7) is -1.12.